The van der Waals surface area contributed by atoms with Crippen LogP contribution in [0, 0.1) is 0 Å². The molecule has 0 radical (unpaired) electrons. The summed E-state index contributed by atoms with van der Waals surface area (Å²) in [5, 5.41) is 7.04. The fourth-order valence-corrected chi connectivity index (χ4v) is 1.62. The maximum atomic E-state index is 5.31. The Morgan fingerprint density at radius 3 is 3.00 bits per heavy atom. The van der Waals surface area contributed by atoms with Crippen LogP contribution in [0.5, 0.6) is 11.5 Å². The lowest BCUT2D eigenvalue weighted by atomic mass is 10.2. The van der Waals surface area contributed by atoms with Crippen molar-refractivity contribution in [2.45, 2.75) is 13.3 Å². The van der Waals surface area contributed by atoms with E-state index >= 15 is 0 Å². The predicted molar refractivity (Wildman–Crippen MR) is 57.3 cm³/mol. The van der Waals surface area contributed by atoms with Gasteiger partial charge in [0.2, 0.25) is 6.79 Å². The normalized spacial score (nSPS) is 13.1. The number of rotatable bonds is 2. The summed E-state index contributed by atoms with van der Waals surface area (Å²) < 4.78 is 10.6. The maximum Gasteiger partial charge on any atom is 0.231 e. The van der Waals surface area contributed by atoms with E-state index in [-0.39, 0.29) is 6.79 Å². The third-order valence-electron chi connectivity index (χ3n) is 2.50. The second kappa shape index (κ2) is 3.52. The smallest absolute Gasteiger partial charge is 0.231 e. The van der Waals surface area contributed by atoms with Crippen LogP contribution in [0.25, 0.3) is 11.4 Å². The SMILES string of the molecule is CCc1nc(-c2ccc3c(c2)OCO3)n[nH]1. The molecule has 1 aromatic carbocycles. The van der Waals surface area contributed by atoms with Crippen molar-refractivity contribution < 1.29 is 9.47 Å². The van der Waals surface area contributed by atoms with E-state index in [0.29, 0.717) is 5.82 Å². The van der Waals surface area contributed by atoms with Crippen LogP contribution in [0.3, 0.4) is 0 Å². The van der Waals surface area contributed by atoms with Gasteiger partial charge in [0.15, 0.2) is 17.3 Å². The summed E-state index contributed by atoms with van der Waals surface area (Å²) in [5.74, 6) is 3.10. The van der Waals surface area contributed by atoms with E-state index < -0.39 is 0 Å². The molecule has 2 aromatic rings. The zero-order valence-corrected chi connectivity index (χ0v) is 8.86. The molecule has 1 aliphatic heterocycles. The fourth-order valence-electron chi connectivity index (χ4n) is 1.62. The summed E-state index contributed by atoms with van der Waals surface area (Å²) in [6, 6.07) is 5.70. The molecule has 2 heterocycles. The van der Waals surface area contributed by atoms with E-state index in [4.69, 9.17) is 9.47 Å². The summed E-state index contributed by atoms with van der Waals surface area (Å²) in [6.07, 6.45) is 0.845. The molecule has 0 saturated carbocycles. The van der Waals surface area contributed by atoms with Gasteiger partial charge in [-0.3, -0.25) is 5.10 Å². The number of nitrogens with one attached hydrogen (secondary N) is 1. The van der Waals surface area contributed by atoms with Gasteiger partial charge in [0, 0.05) is 12.0 Å². The molecule has 16 heavy (non-hydrogen) atoms. The van der Waals surface area contributed by atoms with Crippen molar-refractivity contribution in [1.82, 2.24) is 15.2 Å². The minimum Gasteiger partial charge on any atom is -0.454 e. The standard InChI is InChI=1S/C11H11N3O2/c1-2-10-12-11(14-13-10)7-3-4-8-9(5-7)16-6-15-8/h3-5H,2,6H2,1H3,(H,12,13,14). The number of ether oxygens (including phenoxy) is 2. The molecule has 3 rings (SSSR count). The Kier molecular flexibility index (Phi) is 2.02. The van der Waals surface area contributed by atoms with Gasteiger partial charge in [0.1, 0.15) is 5.82 Å². The van der Waals surface area contributed by atoms with Crippen LogP contribution in [0.4, 0.5) is 0 Å². The van der Waals surface area contributed by atoms with Gasteiger partial charge in [-0.1, -0.05) is 6.92 Å². The number of aromatic amines is 1. The molecule has 0 aliphatic carbocycles. The Hall–Kier alpha value is -2.04. The molecule has 0 spiro atoms. The van der Waals surface area contributed by atoms with Crippen molar-refractivity contribution in [3.8, 4) is 22.9 Å². The van der Waals surface area contributed by atoms with E-state index in [1.807, 2.05) is 25.1 Å². The molecule has 0 atom stereocenters. The molecule has 0 unspecified atom stereocenters. The van der Waals surface area contributed by atoms with Crippen LogP contribution in [0.15, 0.2) is 18.2 Å². The summed E-state index contributed by atoms with van der Waals surface area (Å²) in [6.45, 7) is 2.32. The number of aromatic nitrogens is 3. The first-order valence-electron chi connectivity index (χ1n) is 5.18. The van der Waals surface area contributed by atoms with Crippen molar-refractivity contribution in [2.24, 2.45) is 0 Å². The molecule has 82 valence electrons. The number of hydrogen-bond donors (Lipinski definition) is 1. The van der Waals surface area contributed by atoms with Crippen LogP contribution in [0.1, 0.15) is 12.7 Å². The highest BCUT2D eigenvalue weighted by Crippen LogP contribution is 2.34. The molecule has 5 nitrogen and oxygen atoms in total. The van der Waals surface area contributed by atoms with Crippen LogP contribution in [-0.2, 0) is 6.42 Å². The maximum absolute atomic E-state index is 5.31. The highest BCUT2D eigenvalue weighted by molar-refractivity contribution is 5.61. The summed E-state index contributed by atoms with van der Waals surface area (Å²) >= 11 is 0. The van der Waals surface area contributed by atoms with E-state index in [1.165, 1.54) is 0 Å². The summed E-state index contributed by atoms with van der Waals surface area (Å²) in [5.41, 5.74) is 0.931. The van der Waals surface area contributed by atoms with Gasteiger partial charge >= 0.3 is 0 Å². The Bertz CT molecular complexity index is 522. The van der Waals surface area contributed by atoms with Gasteiger partial charge in [-0.05, 0) is 18.2 Å². The quantitative estimate of drug-likeness (QED) is 0.832. The highest BCUT2D eigenvalue weighted by atomic mass is 16.7. The van der Waals surface area contributed by atoms with Gasteiger partial charge < -0.3 is 9.47 Å². The number of hydrogen-bond acceptors (Lipinski definition) is 4. The number of aryl methyl sites for hydroxylation is 1. The van der Waals surface area contributed by atoms with Crippen LogP contribution >= 0.6 is 0 Å². The van der Waals surface area contributed by atoms with Crippen LogP contribution in [0.2, 0.25) is 0 Å². The lowest BCUT2D eigenvalue weighted by molar-refractivity contribution is 0.174. The van der Waals surface area contributed by atoms with Crippen molar-refractivity contribution in [3.05, 3.63) is 24.0 Å². The van der Waals surface area contributed by atoms with Crippen molar-refractivity contribution in [2.75, 3.05) is 6.79 Å². The minimum atomic E-state index is 0.285. The molecular weight excluding hydrogens is 206 g/mol. The molecule has 0 fully saturated rings. The zero-order valence-electron chi connectivity index (χ0n) is 8.86. The average molecular weight is 217 g/mol. The lowest BCUT2D eigenvalue weighted by Crippen LogP contribution is -1.92. The first-order valence-corrected chi connectivity index (χ1v) is 5.18. The van der Waals surface area contributed by atoms with Gasteiger partial charge in [0.05, 0.1) is 0 Å². The van der Waals surface area contributed by atoms with Crippen LogP contribution < -0.4 is 9.47 Å². The topological polar surface area (TPSA) is 60.0 Å². The molecule has 0 amide bonds. The molecule has 0 saturated heterocycles. The Morgan fingerprint density at radius 2 is 2.19 bits per heavy atom. The highest BCUT2D eigenvalue weighted by Gasteiger charge is 2.15. The zero-order chi connectivity index (χ0) is 11.0. The average Bonchev–Trinajstić information content (AvgIpc) is 2.96. The summed E-state index contributed by atoms with van der Waals surface area (Å²) in [7, 11) is 0. The van der Waals surface area contributed by atoms with E-state index in [2.05, 4.69) is 15.2 Å². The molecule has 5 heteroatoms. The first kappa shape index (κ1) is 9.21. The monoisotopic (exact) mass is 217 g/mol. The van der Waals surface area contributed by atoms with Crippen molar-refractivity contribution >= 4 is 0 Å². The fraction of sp³-hybridized carbons (Fsp3) is 0.273. The van der Waals surface area contributed by atoms with Gasteiger partial charge in [-0.15, -0.1) is 0 Å². The van der Waals surface area contributed by atoms with E-state index in [1.54, 1.807) is 0 Å². The second-order valence-corrected chi connectivity index (χ2v) is 3.53. The molecule has 1 N–H and O–H groups in total. The summed E-state index contributed by atoms with van der Waals surface area (Å²) in [4.78, 5) is 4.36. The third kappa shape index (κ3) is 1.41. The van der Waals surface area contributed by atoms with E-state index in [9.17, 15) is 0 Å². The lowest BCUT2D eigenvalue weighted by Gasteiger charge is -1.97. The molecular formula is C11H11N3O2. The van der Waals surface area contributed by atoms with E-state index in [0.717, 1.165) is 29.3 Å². The Labute approximate surface area is 92.4 Å². The third-order valence-corrected chi connectivity index (χ3v) is 2.50. The van der Waals surface area contributed by atoms with Crippen LogP contribution in [-0.4, -0.2) is 22.0 Å². The first-order chi connectivity index (χ1) is 7.86. The van der Waals surface area contributed by atoms with Gasteiger partial charge in [-0.2, -0.15) is 5.10 Å². The Morgan fingerprint density at radius 1 is 1.31 bits per heavy atom. The largest absolute Gasteiger partial charge is 0.454 e. The minimum absolute atomic E-state index is 0.285. The Balaban J connectivity index is 2.00. The number of fused-ring (bicyclic) bond motifs is 1. The van der Waals surface area contributed by atoms with Gasteiger partial charge in [-0.25, -0.2) is 4.98 Å². The molecule has 1 aliphatic rings. The second-order valence-electron chi connectivity index (χ2n) is 3.53. The predicted octanol–water partition coefficient (Wildman–Crippen LogP) is 1.76. The van der Waals surface area contributed by atoms with Crippen molar-refractivity contribution in [3.63, 3.8) is 0 Å². The number of benzene rings is 1. The van der Waals surface area contributed by atoms with Gasteiger partial charge in [0.25, 0.3) is 0 Å². The number of nitrogens with zero attached hydrogens (tertiary/aromatic N) is 2. The molecule has 1 aromatic heterocycles. The number of H-pyrrole nitrogens is 1. The van der Waals surface area contributed by atoms with Crippen molar-refractivity contribution in [1.29, 1.82) is 0 Å². The molecule has 0 bridgehead atoms.